The predicted molar refractivity (Wildman–Crippen MR) is 41.1 cm³/mol. The molecule has 0 aliphatic carbocycles. The van der Waals surface area contributed by atoms with Gasteiger partial charge < -0.3 is 20.4 Å². The Balaban J connectivity index is -0.0000000417. The maximum Gasteiger partial charge on any atom is 0.414 e. The molecular weight excluding hydrogens is 333 g/mol. The first-order valence-electron chi connectivity index (χ1n) is 2.61. The van der Waals surface area contributed by atoms with Crippen molar-refractivity contribution in [2.75, 3.05) is 0 Å². The Morgan fingerprint density at radius 2 is 0.529 bits per heavy atom. The van der Waals surface area contributed by atoms with Crippen molar-refractivity contribution in [3.8, 4) is 0 Å². The number of carboxylic acids is 4. The summed E-state index contributed by atoms with van der Waals surface area (Å²) in [6.07, 6.45) is 0. The molecule has 8 N–H and O–H groups in total. The minimum Gasteiger partial charge on any atom is -0.473 e. The Hall–Kier alpha value is -1.54. The van der Waals surface area contributed by atoms with E-state index in [1.165, 1.54) is 0 Å². The van der Waals surface area contributed by atoms with E-state index in [0.717, 1.165) is 0 Å². The van der Waals surface area contributed by atoms with Gasteiger partial charge in [-0.2, -0.15) is 0 Å². The minimum atomic E-state index is -1.82. The van der Waals surface area contributed by atoms with Crippen LogP contribution in [0.25, 0.3) is 0 Å². The van der Waals surface area contributed by atoms with Gasteiger partial charge in [0.05, 0.1) is 0 Å². The van der Waals surface area contributed by atoms with Gasteiger partial charge in [0.15, 0.2) is 0 Å². The monoisotopic (exact) mass is 341 g/mol. The second-order valence-electron chi connectivity index (χ2n) is 1.22. The van der Waals surface area contributed by atoms with Gasteiger partial charge in [0.1, 0.15) is 0 Å². The van der Waals surface area contributed by atoms with Gasteiger partial charge >= 0.3 is 23.9 Å². The Morgan fingerprint density at radius 1 is 0.471 bits per heavy atom. The zero-order valence-corrected chi connectivity index (χ0v) is 9.86. The molecule has 0 saturated heterocycles. The van der Waals surface area contributed by atoms with Crippen molar-refractivity contribution in [1.29, 1.82) is 0 Å². The number of hydrogen-bond acceptors (Lipinski definition) is 8. The zero-order chi connectivity index (χ0) is 14.3. The Morgan fingerprint density at radius 3 is 0.529 bits per heavy atom. The summed E-state index contributed by atoms with van der Waals surface area (Å²) in [5.74, 6) is -7.30. The molecule has 0 aromatic rings. The summed E-state index contributed by atoms with van der Waals surface area (Å²) in [5, 5.41) is 53.6. The van der Waals surface area contributed by atoms with Crippen molar-refractivity contribution in [1.82, 2.24) is 0 Å². The maximum absolute atomic E-state index is 9.10. The van der Waals surface area contributed by atoms with E-state index >= 15 is 0 Å². The maximum atomic E-state index is 9.10. The molecular formula is C4H8NbO12. The Kier molecular flexibility index (Phi) is 41.6. The van der Waals surface area contributed by atoms with E-state index in [2.05, 4.69) is 0 Å². The third-order valence-corrected chi connectivity index (χ3v) is 0.366. The summed E-state index contributed by atoms with van der Waals surface area (Å²) >= 11 is 0. The predicted octanol–water partition coefficient (Wildman–Crippen LogP) is -1.66. The topological polar surface area (TPSA) is 230 Å². The molecule has 0 amide bonds. The fourth-order valence-electron chi connectivity index (χ4n) is 0. The SMILES string of the molecule is O=C(O)C(=O)O.O=C(O)C(=O)O.OO.OO.[Nb]. The molecule has 0 saturated carbocycles. The summed E-state index contributed by atoms with van der Waals surface area (Å²) in [5.41, 5.74) is 0. The van der Waals surface area contributed by atoms with E-state index in [1.54, 1.807) is 0 Å². The summed E-state index contributed by atoms with van der Waals surface area (Å²) in [6.45, 7) is 0. The van der Waals surface area contributed by atoms with Crippen molar-refractivity contribution in [2.45, 2.75) is 0 Å². The van der Waals surface area contributed by atoms with Gasteiger partial charge in [0, 0.05) is 22.4 Å². The van der Waals surface area contributed by atoms with Crippen LogP contribution in [0.1, 0.15) is 0 Å². The van der Waals surface area contributed by atoms with Gasteiger partial charge in [-0.15, -0.1) is 0 Å². The summed E-state index contributed by atoms with van der Waals surface area (Å²) < 4.78 is 0. The molecule has 0 aromatic carbocycles. The van der Waals surface area contributed by atoms with Gasteiger partial charge in [0.25, 0.3) is 0 Å². The van der Waals surface area contributed by atoms with Crippen LogP contribution in [-0.4, -0.2) is 65.3 Å². The van der Waals surface area contributed by atoms with Crippen molar-refractivity contribution >= 4 is 23.9 Å². The second-order valence-corrected chi connectivity index (χ2v) is 1.22. The van der Waals surface area contributed by atoms with Crippen LogP contribution in [0.4, 0.5) is 0 Å². The number of hydrogen-bond donors (Lipinski definition) is 8. The molecule has 12 nitrogen and oxygen atoms in total. The molecule has 0 fully saturated rings. The molecule has 0 aliphatic heterocycles. The van der Waals surface area contributed by atoms with Gasteiger partial charge in [-0.1, -0.05) is 0 Å². The molecule has 0 atom stereocenters. The molecule has 0 rings (SSSR count). The average molecular weight is 341 g/mol. The van der Waals surface area contributed by atoms with Crippen LogP contribution in [0.15, 0.2) is 0 Å². The Labute approximate surface area is 107 Å². The first-order chi connectivity index (χ1) is 7.29. The van der Waals surface area contributed by atoms with E-state index in [9.17, 15) is 0 Å². The van der Waals surface area contributed by atoms with Crippen LogP contribution in [0.2, 0.25) is 0 Å². The van der Waals surface area contributed by atoms with Crippen molar-refractivity contribution in [3.63, 3.8) is 0 Å². The largest absolute Gasteiger partial charge is 0.473 e. The van der Waals surface area contributed by atoms with Crippen LogP contribution in [0, 0.1) is 0 Å². The van der Waals surface area contributed by atoms with E-state index in [4.69, 9.17) is 60.6 Å². The van der Waals surface area contributed by atoms with Crippen LogP contribution >= 0.6 is 0 Å². The minimum absolute atomic E-state index is 0. The van der Waals surface area contributed by atoms with E-state index in [-0.39, 0.29) is 22.4 Å². The van der Waals surface area contributed by atoms with Crippen LogP contribution in [0.3, 0.4) is 0 Å². The first-order valence-corrected chi connectivity index (χ1v) is 2.61. The van der Waals surface area contributed by atoms with Crippen LogP contribution in [0.5, 0.6) is 0 Å². The van der Waals surface area contributed by atoms with E-state index < -0.39 is 23.9 Å². The number of aliphatic carboxylic acids is 4. The fourth-order valence-corrected chi connectivity index (χ4v) is 0. The molecule has 0 aliphatic rings. The molecule has 0 heterocycles. The Bertz CT molecular complexity index is 175. The number of carbonyl (C=O) groups is 4. The van der Waals surface area contributed by atoms with Crippen molar-refractivity contribution in [2.24, 2.45) is 0 Å². The molecule has 101 valence electrons. The van der Waals surface area contributed by atoms with Crippen LogP contribution < -0.4 is 0 Å². The van der Waals surface area contributed by atoms with E-state index in [0.29, 0.717) is 0 Å². The normalized spacial score (nSPS) is 5.88. The molecule has 0 unspecified atom stereocenters. The second kappa shape index (κ2) is 23.9. The fraction of sp³-hybridized carbons (Fsp3) is 0. The van der Waals surface area contributed by atoms with Gasteiger partial charge in [-0.3, -0.25) is 21.0 Å². The molecule has 13 heteroatoms. The van der Waals surface area contributed by atoms with Gasteiger partial charge in [-0.25, -0.2) is 19.2 Å². The van der Waals surface area contributed by atoms with Gasteiger partial charge in [0.2, 0.25) is 0 Å². The third kappa shape index (κ3) is 53.8. The molecule has 17 heavy (non-hydrogen) atoms. The summed E-state index contributed by atoms with van der Waals surface area (Å²) in [7, 11) is 0. The van der Waals surface area contributed by atoms with Crippen LogP contribution in [-0.2, 0) is 41.6 Å². The standard InChI is InChI=1S/2C2H2O4.Nb.2H2O2/c2*3-1(4)2(5)6;;2*1-2/h2*(H,3,4)(H,5,6);;2*1-2H. The first kappa shape index (κ1) is 29.5. The third-order valence-electron chi connectivity index (χ3n) is 0.366. The quantitative estimate of drug-likeness (QED) is 0.107. The smallest absolute Gasteiger partial charge is 0.414 e. The van der Waals surface area contributed by atoms with Crippen molar-refractivity contribution in [3.05, 3.63) is 0 Å². The number of carboxylic acid groups (broad SMARTS) is 4. The average Bonchev–Trinajstić information content (AvgIpc) is 2.24. The molecule has 0 spiro atoms. The zero-order valence-electron chi connectivity index (χ0n) is 7.66. The van der Waals surface area contributed by atoms with E-state index in [1.807, 2.05) is 0 Å². The molecule has 1 radical (unpaired) electrons. The summed E-state index contributed by atoms with van der Waals surface area (Å²) in [4.78, 5) is 36.4. The summed E-state index contributed by atoms with van der Waals surface area (Å²) in [6, 6.07) is 0. The molecule has 0 aromatic heterocycles. The van der Waals surface area contributed by atoms with Gasteiger partial charge in [-0.05, 0) is 0 Å². The molecule has 0 bridgehead atoms. The number of rotatable bonds is 0. The van der Waals surface area contributed by atoms with Crippen molar-refractivity contribution < 1.29 is 83.0 Å².